The fourth-order valence-corrected chi connectivity index (χ4v) is 1.97. The van der Waals surface area contributed by atoms with E-state index in [0.717, 1.165) is 18.4 Å². The zero-order valence-electron chi connectivity index (χ0n) is 8.59. The molecule has 0 aliphatic carbocycles. The summed E-state index contributed by atoms with van der Waals surface area (Å²) in [6.07, 6.45) is 1.99. The van der Waals surface area contributed by atoms with Gasteiger partial charge in [0, 0.05) is 0 Å². The van der Waals surface area contributed by atoms with Crippen LogP contribution in [-0.2, 0) is 6.42 Å². The molecular formula is C11H14Cl2O2. The highest BCUT2D eigenvalue weighted by atomic mass is 35.5. The average Bonchev–Trinajstić information content (AvgIpc) is 2.17. The first-order valence-electron chi connectivity index (χ1n) is 4.90. The van der Waals surface area contributed by atoms with Crippen LogP contribution in [0.1, 0.15) is 18.9 Å². The molecule has 4 heteroatoms. The van der Waals surface area contributed by atoms with Gasteiger partial charge >= 0.3 is 0 Å². The Morgan fingerprint density at radius 2 is 1.87 bits per heavy atom. The van der Waals surface area contributed by atoms with Crippen LogP contribution in [0.15, 0.2) is 12.1 Å². The van der Waals surface area contributed by atoms with Crippen LogP contribution in [0.25, 0.3) is 0 Å². The third-order valence-corrected chi connectivity index (χ3v) is 2.50. The molecule has 0 radical (unpaired) electrons. The van der Waals surface area contributed by atoms with E-state index in [-0.39, 0.29) is 13.2 Å². The lowest BCUT2D eigenvalue weighted by atomic mass is 10.1. The molecule has 84 valence electrons. The number of ether oxygens (including phenoxy) is 1. The molecule has 0 atom stereocenters. The van der Waals surface area contributed by atoms with Gasteiger partial charge in [-0.25, -0.2) is 0 Å². The molecule has 15 heavy (non-hydrogen) atoms. The predicted molar refractivity (Wildman–Crippen MR) is 63.0 cm³/mol. The third kappa shape index (κ3) is 3.56. The Hall–Kier alpha value is -0.440. The van der Waals surface area contributed by atoms with E-state index in [1.807, 2.05) is 12.1 Å². The van der Waals surface area contributed by atoms with E-state index in [2.05, 4.69) is 6.92 Å². The third-order valence-electron chi connectivity index (χ3n) is 1.93. The van der Waals surface area contributed by atoms with Crippen LogP contribution in [0.4, 0.5) is 0 Å². The van der Waals surface area contributed by atoms with Gasteiger partial charge < -0.3 is 9.84 Å². The summed E-state index contributed by atoms with van der Waals surface area (Å²) in [5, 5.41) is 9.64. The van der Waals surface area contributed by atoms with Gasteiger partial charge in [-0.05, 0) is 24.1 Å². The summed E-state index contributed by atoms with van der Waals surface area (Å²) in [6, 6.07) is 3.70. The van der Waals surface area contributed by atoms with Crippen LogP contribution in [0.2, 0.25) is 10.0 Å². The highest BCUT2D eigenvalue weighted by molar-refractivity contribution is 6.37. The minimum Gasteiger partial charge on any atom is -0.488 e. The van der Waals surface area contributed by atoms with Crippen molar-refractivity contribution in [3.05, 3.63) is 27.7 Å². The summed E-state index contributed by atoms with van der Waals surface area (Å²) in [5.74, 6) is 0.451. The molecule has 0 amide bonds. The van der Waals surface area contributed by atoms with Crippen LogP contribution in [0, 0.1) is 0 Å². The molecular weight excluding hydrogens is 235 g/mol. The van der Waals surface area contributed by atoms with Crippen molar-refractivity contribution in [1.29, 1.82) is 0 Å². The van der Waals surface area contributed by atoms with Gasteiger partial charge in [-0.1, -0.05) is 36.5 Å². The lowest BCUT2D eigenvalue weighted by molar-refractivity contribution is 0.201. The number of halogens is 2. The maximum absolute atomic E-state index is 8.64. The normalized spacial score (nSPS) is 10.4. The monoisotopic (exact) mass is 248 g/mol. The zero-order valence-corrected chi connectivity index (χ0v) is 10.1. The first-order valence-corrected chi connectivity index (χ1v) is 5.66. The second-order valence-electron chi connectivity index (χ2n) is 3.21. The Kier molecular flexibility index (Phi) is 5.23. The number of aliphatic hydroxyl groups is 1. The summed E-state index contributed by atoms with van der Waals surface area (Å²) in [5.41, 5.74) is 1.10. The fraction of sp³-hybridized carbons (Fsp3) is 0.455. The summed E-state index contributed by atoms with van der Waals surface area (Å²) in [7, 11) is 0. The highest BCUT2D eigenvalue weighted by Crippen LogP contribution is 2.34. The number of benzene rings is 1. The smallest absolute Gasteiger partial charge is 0.156 e. The van der Waals surface area contributed by atoms with E-state index >= 15 is 0 Å². The second kappa shape index (κ2) is 6.21. The maximum Gasteiger partial charge on any atom is 0.156 e. The van der Waals surface area contributed by atoms with E-state index in [0.29, 0.717) is 15.8 Å². The summed E-state index contributed by atoms with van der Waals surface area (Å²) < 4.78 is 5.24. The first kappa shape index (κ1) is 12.6. The standard InChI is InChI=1S/C11H14Cl2O2/c1-2-3-8-6-9(12)11(10(13)7-8)15-5-4-14/h6-7,14H,2-5H2,1H3. The largest absolute Gasteiger partial charge is 0.488 e. The van der Waals surface area contributed by atoms with Crippen molar-refractivity contribution in [1.82, 2.24) is 0 Å². The van der Waals surface area contributed by atoms with E-state index in [4.69, 9.17) is 33.0 Å². The molecule has 0 aromatic heterocycles. The van der Waals surface area contributed by atoms with Crippen molar-refractivity contribution in [2.24, 2.45) is 0 Å². The van der Waals surface area contributed by atoms with Gasteiger partial charge in [-0.3, -0.25) is 0 Å². The molecule has 0 saturated carbocycles. The van der Waals surface area contributed by atoms with Gasteiger partial charge in [-0.2, -0.15) is 0 Å². The number of aryl methyl sites for hydroxylation is 1. The van der Waals surface area contributed by atoms with Gasteiger partial charge in [0.1, 0.15) is 6.61 Å². The number of hydrogen-bond donors (Lipinski definition) is 1. The maximum atomic E-state index is 8.64. The zero-order chi connectivity index (χ0) is 11.3. The van der Waals surface area contributed by atoms with Crippen LogP contribution in [-0.4, -0.2) is 18.3 Å². The van der Waals surface area contributed by atoms with Gasteiger partial charge in [-0.15, -0.1) is 0 Å². The SMILES string of the molecule is CCCc1cc(Cl)c(OCCO)c(Cl)c1. The van der Waals surface area contributed by atoms with Crippen molar-refractivity contribution in [2.45, 2.75) is 19.8 Å². The fourth-order valence-electron chi connectivity index (χ4n) is 1.33. The van der Waals surface area contributed by atoms with E-state index in [9.17, 15) is 0 Å². The van der Waals surface area contributed by atoms with Crippen molar-refractivity contribution >= 4 is 23.2 Å². The molecule has 0 spiro atoms. The van der Waals surface area contributed by atoms with Crippen LogP contribution >= 0.6 is 23.2 Å². The Balaban J connectivity index is 2.88. The number of aliphatic hydroxyl groups excluding tert-OH is 1. The van der Waals surface area contributed by atoms with E-state index in [1.54, 1.807) is 0 Å². The van der Waals surface area contributed by atoms with Crippen LogP contribution < -0.4 is 4.74 Å². The van der Waals surface area contributed by atoms with Crippen LogP contribution in [0.3, 0.4) is 0 Å². The van der Waals surface area contributed by atoms with E-state index < -0.39 is 0 Å². The Morgan fingerprint density at radius 1 is 1.27 bits per heavy atom. The van der Waals surface area contributed by atoms with Gasteiger partial charge in [0.05, 0.1) is 16.7 Å². The minimum absolute atomic E-state index is 0.0522. The topological polar surface area (TPSA) is 29.5 Å². The Bertz CT molecular complexity index is 303. The molecule has 2 nitrogen and oxygen atoms in total. The molecule has 0 fully saturated rings. The lowest BCUT2D eigenvalue weighted by Crippen LogP contribution is -2.02. The molecule has 0 aliphatic rings. The predicted octanol–water partition coefficient (Wildman–Crippen LogP) is 3.32. The van der Waals surface area contributed by atoms with Gasteiger partial charge in [0.2, 0.25) is 0 Å². The quantitative estimate of drug-likeness (QED) is 0.867. The Morgan fingerprint density at radius 3 is 2.33 bits per heavy atom. The van der Waals surface area contributed by atoms with Gasteiger partial charge in [0.15, 0.2) is 5.75 Å². The molecule has 1 N–H and O–H groups in total. The second-order valence-corrected chi connectivity index (χ2v) is 4.03. The molecule has 0 aliphatic heterocycles. The molecule has 0 unspecified atom stereocenters. The van der Waals surface area contributed by atoms with Crippen molar-refractivity contribution in [3.63, 3.8) is 0 Å². The van der Waals surface area contributed by atoms with Crippen LogP contribution in [0.5, 0.6) is 5.75 Å². The van der Waals surface area contributed by atoms with Crippen molar-refractivity contribution < 1.29 is 9.84 Å². The average molecular weight is 249 g/mol. The molecule has 0 saturated heterocycles. The highest BCUT2D eigenvalue weighted by Gasteiger charge is 2.09. The molecule has 1 aromatic carbocycles. The number of hydrogen-bond acceptors (Lipinski definition) is 2. The summed E-state index contributed by atoms with van der Waals surface area (Å²) in [6.45, 7) is 2.24. The molecule has 1 rings (SSSR count). The van der Waals surface area contributed by atoms with Gasteiger partial charge in [0.25, 0.3) is 0 Å². The summed E-state index contributed by atoms with van der Waals surface area (Å²) in [4.78, 5) is 0. The Labute approximate surface area is 99.8 Å². The van der Waals surface area contributed by atoms with Crippen molar-refractivity contribution in [2.75, 3.05) is 13.2 Å². The number of rotatable bonds is 5. The minimum atomic E-state index is -0.0522. The molecule has 0 bridgehead atoms. The van der Waals surface area contributed by atoms with Crippen molar-refractivity contribution in [3.8, 4) is 5.75 Å². The molecule has 1 aromatic rings. The molecule has 0 heterocycles. The summed E-state index contributed by atoms with van der Waals surface area (Å²) >= 11 is 12.0. The lowest BCUT2D eigenvalue weighted by Gasteiger charge is -2.10. The first-order chi connectivity index (χ1) is 7.19. The van der Waals surface area contributed by atoms with E-state index in [1.165, 1.54) is 0 Å².